The van der Waals surface area contributed by atoms with E-state index in [1.807, 2.05) is 25.1 Å². The smallest absolute Gasteiger partial charge is 0.124 e. The van der Waals surface area contributed by atoms with E-state index < -0.39 is 0 Å². The lowest BCUT2D eigenvalue weighted by atomic mass is 10.1. The normalized spacial score (nSPS) is 14.8. The maximum absolute atomic E-state index is 5.97. The summed E-state index contributed by atoms with van der Waals surface area (Å²) in [6.45, 7) is 8.48. The average molecular weight is 300 g/mol. The predicted molar refractivity (Wildman–Crippen MR) is 76.3 cm³/mol. The molecule has 1 rings (SSSR count). The third-order valence-electron chi connectivity index (χ3n) is 2.59. The monoisotopic (exact) mass is 299 g/mol. The third kappa shape index (κ3) is 4.68. The molecule has 0 amide bonds. The highest BCUT2D eigenvalue weighted by atomic mass is 79.9. The molecule has 0 saturated heterocycles. The fourth-order valence-electron chi connectivity index (χ4n) is 1.91. The van der Waals surface area contributed by atoms with Crippen LogP contribution in [-0.4, -0.2) is 6.10 Å². The Balaban J connectivity index is 2.83. The lowest BCUT2D eigenvalue weighted by Crippen LogP contribution is -2.17. The molecule has 2 nitrogen and oxygen atoms in total. The van der Waals surface area contributed by atoms with Crippen LogP contribution >= 0.6 is 15.9 Å². The van der Waals surface area contributed by atoms with Crippen molar-refractivity contribution in [2.24, 2.45) is 11.7 Å². The van der Waals surface area contributed by atoms with Crippen LogP contribution in [0.5, 0.6) is 5.75 Å². The van der Waals surface area contributed by atoms with Gasteiger partial charge in [0.1, 0.15) is 5.75 Å². The minimum atomic E-state index is -0.0197. The van der Waals surface area contributed by atoms with E-state index in [2.05, 4.69) is 36.7 Å². The Bertz CT molecular complexity index is 363. The van der Waals surface area contributed by atoms with Crippen LogP contribution in [0.1, 0.15) is 45.7 Å². The highest BCUT2D eigenvalue weighted by molar-refractivity contribution is 9.10. The van der Waals surface area contributed by atoms with Gasteiger partial charge in [-0.05, 0) is 44.4 Å². The molecule has 0 aliphatic rings. The number of benzene rings is 1. The van der Waals surface area contributed by atoms with Gasteiger partial charge in [-0.2, -0.15) is 0 Å². The first-order chi connectivity index (χ1) is 7.90. The van der Waals surface area contributed by atoms with Crippen molar-refractivity contribution in [2.45, 2.75) is 46.3 Å². The van der Waals surface area contributed by atoms with Gasteiger partial charge < -0.3 is 10.5 Å². The number of rotatable bonds is 5. The van der Waals surface area contributed by atoms with Gasteiger partial charge in [-0.3, -0.25) is 0 Å². The summed E-state index contributed by atoms with van der Waals surface area (Å²) >= 11 is 3.46. The van der Waals surface area contributed by atoms with Crippen molar-refractivity contribution in [3.63, 3.8) is 0 Å². The molecule has 0 aliphatic carbocycles. The standard InChI is InChI=1S/C14H22BrNO/c1-9(2)7-10(3)17-14-6-5-12(15)8-13(14)11(4)16/h5-6,8-11H,7,16H2,1-4H3. The van der Waals surface area contributed by atoms with Crippen molar-refractivity contribution < 1.29 is 4.74 Å². The summed E-state index contributed by atoms with van der Waals surface area (Å²) in [6.07, 6.45) is 1.27. The first-order valence-corrected chi connectivity index (χ1v) is 6.91. The van der Waals surface area contributed by atoms with Crippen molar-refractivity contribution in [3.05, 3.63) is 28.2 Å². The fraction of sp³-hybridized carbons (Fsp3) is 0.571. The molecule has 3 heteroatoms. The lowest BCUT2D eigenvalue weighted by Gasteiger charge is -2.20. The summed E-state index contributed by atoms with van der Waals surface area (Å²) in [4.78, 5) is 0. The van der Waals surface area contributed by atoms with E-state index in [1.54, 1.807) is 0 Å². The zero-order chi connectivity index (χ0) is 13.0. The third-order valence-corrected chi connectivity index (χ3v) is 3.09. The molecule has 0 aliphatic heterocycles. The molecule has 0 saturated carbocycles. The Hall–Kier alpha value is -0.540. The molecule has 2 unspecified atom stereocenters. The summed E-state index contributed by atoms with van der Waals surface area (Å²) in [5.74, 6) is 1.54. The van der Waals surface area contributed by atoms with Gasteiger partial charge in [-0.1, -0.05) is 29.8 Å². The molecule has 0 bridgehead atoms. The van der Waals surface area contributed by atoms with E-state index >= 15 is 0 Å². The molecule has 0 heterocycles. The molecule has 1 aromatic rings. The Morgan fingerprint density at radius 2 is 1.88 bits per heavy atom. The van der Waals surface area contributed by atoms with Crippen LogP contribution in [-0.2, 0) is 0 Å². The SMILES string of the molecule is CC(C)CC(C)Oc1ccc(Br)cc1C(C)N. The van der Waals surface area contributed by atoms with Crippen LogP contribution in [0.15, 0.2) is 22.7 Å². The topological polar surface area (TPSA) is 35.2 Å². The minimum absolute atomic E-state index is 0.0197. The first-order valence-electron chi connectivity index (χ1n) is 6.11. The number of halogens is 1. The summed E-state index contributed by atoms with van der Waals surface area (Å²) in [6, 6.07) is 5.99. The van der Waals surface area contributed by atoms with Crippen molar-refractivity contribution >= 4 is 15.9 Å². The van der Waals surface area contributed by atoms with Crippen molar-refractivity contribution in [1.29, 1.82) is 0 Å². The van der Waals surface area contributed by atoms with Crippen LogP contribution in [0, 0.1) is 5.92 Å². The Labute approximate surface area is 113 Å². The van der Waals surface area contributed by atoms with Gasteiger partial charge in [0, 0.05) is 16.1 Å². The average Bonchev–Trinajstić information content (AvgIpc) is 2.19. The highest BCUT2D eigenvalue weighted by Gasteiger charge is 2.12. The molecule has 0 spiro atoms. The van der Waals surface area contributed by atoms with Crippen LogP contribution < -0.4 is 10.5 Å². The molecule has 0 fully saturated rings. The second-order valence-corrected chi connectivity index (χ2v) is 5.94. The predicted octanol–water partition coefficient (Wildman–Crippen LogP) is 4.28. The molecule has 1 aromatic carbocycles. The molecular formula is C14H22BrNO. The zero-order valence-electron chi connectivity index (χ0n) is 11.0. The van der Waals surface area contributed by atoms with E-state index in [-0.39, 0.29) is 12.1 Å². The zero-order valence-corrected chi connectivity index (χ0v) is 12.6. The van der Waals surface area contributed by atoms with Gasteiger partial charge in [-0.25, -0.2) is 0 Å². The van der Waals surface area contributed by atoms with Gasteiger partial charge in [-0.15, -0.1) is 0 Å². The van der Waals surface area contributed by atoms with Gasteiger partial charge in [0.25, 0.3) is 0 Å². The van der Waals surface area contributed by atoms with Crippen molar-refractivity contribution in [2.75, 3.05) is 0 Å². The Morgan fingerprint density at radius 3 is 2.41 bits per heavy atom. The van der Waals surface area contributed by atoms with Crippen molar-refractivity contribution in [3.8, 4) is 5.75 Å². The number of hydrogen-bond acceptors (Lipinski definition) is 2. The summed E-state index contributed by atoms with van der Waals surface area (Å²) in [5.41, 5.74) is 7.01. The number of hydrogen-bond donors (Lipinski definition) is 1. The second-order valence-electron chi connectivity index (χ2n) is 5.03. The van der Waals surface area contributed by atoms with E-state index in [0.29, 0.717) is 5.92 Å². The van der Waals surface area contributed by atoms with Gasteiger partial charge in [0.2, 0.25) is 0 Å². The summed E-state index contributed by atoms with van der Waals surface area (Å²) in [7, 11) is 0. The Kier molecular flexibility index (Phi) is 5.47. The molecule has 2 N–H and O–H groups in total. The van der Waals surface area contributed by atoms with Crippen molar-refractivity contribution in [1.82, 2.24) is 0 Å². The molecule has 2 atom stereocenters. The largest absolute Gasteiger partial charge is 0.490 e. The quantitative estimate of drug-likeness (QED) is 0.880. The number of ether oxygens (including phenoxy) is 1. The van der Waals surface area contributed by atoms with Crippen LogP contribution in [0.4, 0.5) is 0 Å². The molecule has 0 aromatic heterocycles. The summed E-state index contributed by atoms with van der Waals surface area (Å²) < 4.78 is 7.01. The summed E-state index contributed by atoms with van der Waals surface area (Å²) in [5, 5.41) is 0. The van der Waals surface area contributed by atoms with E-state index in [4.69, 9.17) is 10.5 Å². The second kappa shape index (κ2) is 6.41. The maximum atomic E-state index is 5.97. The fourth-order valence-corrected chi connectivity index (χ4v) is 2.29. The molecule has 96 valence electrons. The van der Waals surface area contributed by atoms with E-state index in [1.165, 1.54) is 0 Å². The maximum Gasteiger partial charge on any atom is 0.124 e. The van der Waals surface area contributed by atoms with Gasteiger partial charge in [0.15, 0.2) is 0 Å². The molecular weight excluding hydrogens is 278 g/mol. The first kappa shape index (κ1) is 14.5. The lowest BCUT2D eigenvalue weighted by molar-refractivity contribution is 0.191. The minimum Gasteiger partial charge on any atom is -0.490 e. The number of nitrogens with two attached hydrogens (primary N) is 1. The van der Waals surface area contributed by atoms with Crippen LogP contribution in [0.2, 0.25) is 0 Å². The molecule has 0 radical (unpaired) electrons. The van der Waals surface area contributed by atoms with Crippen LogP contribution in [0.25, 0.3) is 0 Å². The van der Waals surface area contributed by atoms with E-state index in [9.17, 15) is 0 Å². The van der Waals surface area contributed by atoms with Gasteiger partial charge in [0.05, 0.1) is 6.10 Å². The van der Waals surface area contributed by atoms with E-state index in [0.717, 1.165) is 22.2 Å². The highest BCUT2D eigenvalue weighted by Crippen LogP contribution is 2.28. The van der Waals surface area contributed by atoms with Crippen LogP contribution in [0.3, 0.4) is 0 Å². The molecule has 17 heavy (non-hydrogen) atoms. The Morgan fingerprint density at radius 1 is 1.24 bits per heavy atom. The van der Waals surface area contributed by atoms with Gasteiger partial charge >= 0.3 is 0 Å².